The molecule has 0 N–H and O–H groups in total. The van der Waals surface area contributed by atoms with Gasteiger partial charge in [-0.15, -0.1) is 0 Å². The summed E-state index contributed by atoms with van der Waals surface area (Å²) in [6, 6.07) is 2.10. The SMILES string of the molecule is C[C@]1(C#N)CCCN=S1(C)=O. The second-order valence-electron chi connectivity index (χ2n) is 3.10. The molecule has 3 nitrogen and oxygen atoms in total. The third-order valence-corrected chi connectivity index (χ3v) is 4.86. The lowest BCUT2D eigenvalue weighted by Crippen LogP contribution is -2.35. The Morgan fingerprint density at radius 2 is 2.36 bits per heavy atom. The molecule has 11 heavy (non-hydrogen) atoms. The monoisotopic (exact) mass is 172 g/mol. The summed E-state index contributed by atoms with van der Waals surface area (Å²) in [6.07, 6.45) is 3.17. The van der Waals surface area contributed by atoms with Crippen LogP contribution in [-0.4, -0.2) is 21.8 Å². The first kappa shape index (κ1) is 8.54. The molecule has 0 amide bonds. The van der Waals surface area contributed by atoms with Crippen LogP contribution in [0.4, 0.5) is 0 Å². The van der Waals surface area contributed by atoms with Gasteiger partial charge in [0.15, 0.2) is 0 Å². The lowest BCUT2D eigenvalue weighted by molar-refractivity contribution is 0.589. The van der Waals surface area contributed by atoms with Crippen LogP contribution in [0.25, 0.3) is 0 Å². The highest BCUT2D eigenvalue weighted by molar-refractivity contribution is 7.94. The topological polar surface area (TPSA) is 53.2 Å². The van der Waals surface area contributed by atoms with Crippen LogP contribution in [0.15, 0.2) is 4.36 Å². The van der Waals surface area contributed by atoms with Gasteiger partial charge in [0.2, 0.25) is 0 Å². The molecule has 0 fully saturated rings. The minimum atomic E-state index is -2.26. The Morgan fingerprint density at radius 3 is 2.73 bits per heavy atom. The van der Waals surface area contributed by atoms with Crippen molar-refractivity contribution in [1.82, 2.24) is 0 Å². The third-order valence-electron chi connectivity index (χ3n) is 2.22. The van der Waals surface area contributed by atoms with Crippen molar-refractivity contribution in [2.24, 2.45) is 4.36 Å². The van der Waals surface area contributed by atoms with Gasteiger partial charge in [-0.3, -0.25) is 0 Å². The van der Waals surface area contributed by atoms with Gasteiger partial charge in [-0.25, -0.2) is 8.57 Å². The summed E-state index contributed by atoms with van der Waals surface area (Å²) in [5.41, 5.74) is 0. The Balaban J connectivity index is 3.20. The molecule has 1 aliphatic rings. The Kier molecular flexibility index (Phi) is 1.93. The van der Waals surface area contributed by atoms with Crippen molar-refractivity contribution in [1.29, 1.82) is 5.26 Å². The van der Waals surface area contributed by atoms with E-state index in [4.69, 9.17) is 5.26 Å². The Morgan fingerprint density at radius 1 is 1.73 bits per heavy atom. The van der Waals surface area contributed by atoms with Crippen molar-refractivity contribution in [2.45, 2.75) is 24.5 Å². The Hall–Kier alpha value is -0.560. The average Bonchev–Trinajstić information content (AvgIpc) is 1.95. The number of nitriles is 1. The lowest BCUT2D eigenvalue weighted by atomic mass is 10.1. The molecule has 1 heterocycles. The van der Waals surface area contributed by atoms with E-state index in [1.54, 1.807) is 13.2 Å². The maximum atomic E-state index is 11.7. The maximum Gasteiger partial charge on any atom is 0.137 e. The molecule has 0 aliphatic carbocycles. The average molecular weight is 172 g/mol. The predicted molar refractivity (Wildman–Crippen MR) is 44.6 cm³/mol. The van der Waals surface area contributed by atoms with Gasteiger partial charge in [0.1, 0.15) is 4.75 Å². The summed E-state index contributed by atoms with van der Waals surface area (Å²) < 4.78 is 15.0. The molecule has 1 unspecified atom stereocenters. The van der Waals surface area contributed by atoms with Crippen molar-refractivity contribution in [3.63, 3.8) is 0 Å². The van der Waals surface area contributed by atoms with Crippen LogP contribution in [0.5, 0.6) is 0 Å². The molecule has 0 saturated carbocycles. The normalized spacial score (nSPS) is 44.1. The zero-order chi connectivity index (χ0) is 8.54. The molecule has 0 aromatic heterocycles. The highest BCUT2D eigenvalue weighted by atomic mass is 32.2. The summed E-state index contributed by atoms with van der Waals surface area (Å²) in [5.74, 6) is 0. The van der Waals surface area contributed by atoms with Crippen LogP contribution >= 0.6 is 0 Å². The summed E-state index contributed by atoms with van der Waals surface area (Å²) in [7, 11) is -2.26. The first-order valence-corrected chi connectivity index (χ1v) is 5.53. The van der Waals surface area contributed by atoms with E-state index in [0.717, 1.165) is 6.42 Å². The fraction of sp³-hybridized carbons (Fsp3) is 0.857. The van der Waals surface area contributed by atoms with E-state index in [2.05, 4.69) is 10.4 Å². The van der Waals surface area contributed by atoms with E-state index in [9.17, 15) is 4.21 Å². The second-order valence-corrected chi connectivity index (χ2v) is 5.87. The van der Waals surface area contributed by atoms with Crippen molar-refractivity contribution < 1.29 is 4.21 Å². The predicted octanol–water partition coefficient (Wildman–Crippen LogP) is 1.16. The van der Waals surface area contributed by atoms with Gasteiger partial charge >= 0.3 is 0 Å². The molecule has 0 radical (unpaired) electrons. The molecule has 0 aromatic rings. The zero-order valence-corrected chi connectivity index (χ0v) is 7.65. The number of hydrogen-bond acceptors (Lipinski definition) is 3. The van der Waals surface area contributed by atoms with Crippen molar-refractivity contribution in [2.75, 3.05) is 12.8 Å². The van der Waals surface area contributed by atoms with Crippen LogP contribution < -0.4 is 0 Å². The van der Waals surface area contributed by atoms with Gasteiger partial charge in [-0.2, -0.15) is 5.26 Å². The minimum absolute atomic E-state index is 0.645. The molecular formula is C7H12N2OS. The zero-order valence-electron chi connectivity index (χ0n) is 6.83. The van der Waals surface area contributed by atoms with E-state index in [-0.39, 0.29) is 0 Å². The summed E-state index contributed by atoms with van der Waals surface area (Å²) in [4.78, 5) is 0. The fourth-order valence-electron chi connectivity index (χ4n) is 1.13. The molecule has 0 saturated heterocycles. The van der Waals surface area contributed by atoms with Gasteiger partial charge in [0.25, 0.3) is 0 Å². The second kappa shape index (κ2) is 2.49. The largest absolute Gasteiger partial charge is 0.248 e. The number of rotatable bonds is 0. The van der Waals surface area contributed by atoms with Crippen molar-refractivity contribution in [3.8, 4) is 6.07 Å². The molecule has 62 valence electrons. The number of nitrogens with zero attached hydrogens (tertiary/aromatic N) is 2. The quantitative estimate of drug-likeness (QED) is 0.550. The van der Waals surface area contributed by atoms with Gasteiger partial charge in [0.05, 0.1) is 15.8 Å². The van der Waals surface area contributed by atoms with Gasteiger partial charge in [0, 0.05) is 12.8 Å². The fourth-order valence-corrected chi connectivity index (χ4v) is 2.58. The summed E-state index contributed by atoms with van der Waals surface area (Å²) >= 11 is 0. The molecule has 1 rings (SSSR count). The van der Waals surface area contributed by atoms with E-state index >= 15 is 0 Å². The van der Waals surface area contributed by atoms with Gasteiger partial charge < -0.3 is 0 Å². The first-order chi connectivity index (χ1) is 5.02. The van der Waals surface area contributed by atoms with E-state index < -0.39 is 14.5 Å². The van der Waals surface area contributed by atoms with Crippen molar-refractivity contribution in [3.05, 3.63) is 0 Å². The molecule has 1 aliphatic heterocycles. The molecule has 0 bridgehead atoms. The Labute approximate surface area is 67.6 Å². The van der Waals surface area contributed by atoms with Crippen LogP contribution in [-0.2, 0) is 9.73 Å². The summed E-state index contributed by atoms with van der Waals surface area (Å²) in [5, 5.41) is 8.80. The van der Waals surface area contributed by atoms with Crippen LogP contribution in [0.2, 0.25) is 0 Å². The minimum Gasteiger partial charge on any atom is -0.248 e. The van der Waals surface area contributed by atoms with Crippen molar-refractivity contribution >= 4 is 9.73 Å². The van der Waals surface area contributed by atoms with E-state index in [0.29, 0.717) is 13.0 Å². The smallest absolute Gasteiger partial charge is 0.137 e. The molecular weight excluding hydrogens is 160 g/mol. The lowest BCUT2D eigenvalue weighted by Gasteiger charge is -2.26. The van der Waals surface area contributed by atoms with Crippen LogP contribution in [0, 0.1) is 11.3 Å². The summed E-state index contributed by atoms with van der Waals surface area (Å²) in [6.45, 7) is 2.38. The maximum absolute atomic E-state index is 11.7. The molecule has 2 atom stereocenters. The first-order valence-electron chi connectivity index (χ1n) is 3.61. The van der Waals surface area contributed by atoms with Gasteiger partial charge in [-0.05, 0) is 19.8 Å². The van der Waals surface area contributed by atoms with Crippen LogP contribution in [0.3, 0.4) is 0 Å². The molecule has 0 spiro atoms. The highest BCUT2D eigenvalue weighted by Gasteiger charge is 2.35. The van der Waals surface area contributed by atoms with Gasteiger partial charge in [-0.1, -0.05) is 0 Å². The number of hydrogen-bond donors (Lipinski definition) is 0. The highest BCUT2D eigenvalue weighted by Crippen LogP contribution is 2.27. The Bertz CT molecular complexity index is 309. The van der Waals surface area contributed by atoms with E-state index in [1.165, 1.54) is 0 Å². The third kappa shape index (κ3) is 1.25. The molecule has 4 heteroatoms. The molecule has 0 aromatic carbocycles. The van der Waals surface area contributed by atoms with E-state index in [1.807, 2.05) is 0 Å². The standard InChI is InChI=1S/C7H12N2OS/c1-7(6-8)4-3-5-9-11(7,2)10/h3-5H2,1-2H3/t7-,11?/m1/s1. The van der Waals surface area contributed by atoms with Crippen LogP contribution in [0.1, 0.15) is 19.8 Å².